The minimum atomic E-state index is -0.922. The number of aliphatic hydroxyl groups is 1. The number of carbonyl (C=O) groups is 2. The third kappa shape index (κ3) is 4.94. The standard InChI is InChI=1S/C18H24F2N4O4/c1-11(25)24-6-4-23(5-7-24)9-16-17(26)15(10-28-16)22-18(27)21-14-3-2-12(19)8-13(14)20/h2-3,8,15-17,26H,4-7,9-10H2,1H3,(H2,21,22,27). The van der Waals surface area contributed by atoms with Crippen molar-refractivity contribution < 1.29 is 28.2 Å². The lowest BCUT2D eigenvalue weighted by atomic mass is 10.1. The Labute approximate surface area is 161 Å². The number of nitrogens with zero attached hydrogens (tertiary/aromatic N) is 2. The monoisotopic (exact) mass is 398 g/mol. The van der Waals surface area contributed by atoms with E-state index < -0.39 is 35.9 Å². The molecule has 0 bridgehead atoms. The first-order valence-corrected chi connectivity index (χ1v) is 9.13. The molecule has 2 aliphatic rings. The van der Waals surface area contributed by atoms with Gasteiger partial charge >= 0.3 is 6.03 Å². The maximum Gasteiger partial charge on any atom is 0.319 e. The van der Waals surface area contributed by atoms with E-state index in [1.807, 2.05) is 0 Å². The van der Waals surface area contributed by atoms with E-state index in [2.05, 4.69) is 15.5 Å². The second-order valence-corrected chi connectivity index (χ2v) is 7.00. The second kappa shape index (κ2) is 8.80. The van der Waals surface area contributed by atoms with Crippen LogP contribution in [0.5, 0.6) is 0 Å². The molecule has 3 N–H and O–H groups in total. The fourth-order valence-corrected chi connectivity index (χ4v) is 3.39. The summed E-state index contributed by atoms with van der Waals surface area (Å²) in [7, 11) is 0. The Balaban J connectivity index is 1.46. The minimum absolute atomic E-state index is 0.0460. The zero-order valence-corrected chi connectivity index (χ0v) is 15.5. The first kappa shape index (κ1) is 20.4. The van der Waals surface area contributed by atoms with Crippen molar-refractivity contribution >= 4 is 17.6 Å². The summed E-state index contributed by atoms with van der Waals surface area (Å²) in [5, 5.41) is 15.3. The van der Waals surface area contributed by atoms with Crippen LogP contribution in [0, 0.1) is 11.6 Å². The van der Waals surface area contributed by atoms with Crippen LogP contribution in [0.2, 0.25) is 0 Å². The van der Waals surface area contributed by atoms with Crippen molar-refractivity contribution in [1.82, 2.24) is 15.1 Å². The zero-order valence-electron chi connectivity index (χ0n) is 15.5. The van der Waals surface area contributed by atoms with Gasteiger partial charge in [-0.2, -0.15) is 0 Å². The third-order valence-electron chi connectivity index (χ3n) is 5.03. The predicted molar refractivity (Wildman–Crippen MR) is 96.7 cm³/mol. The molecule has 2 saturated heterocycles. The summed E-state index contributed by atoms with van der Waals surface area (Å²) in [5.41, 5.74) is -0.160. The molecule has 0 radical (unpaired) electrons. The number of urea groups is 1. The Morgan fingerprint density at radius 1 is 1.25 bits per heavy atom. The van der Waals surface area contributed by atoms with Crippen molar-refractivity contribution in [1.29, 1.82) is 0 Å². The van der Waals surface area contributed by atoms with Crippen molar-refractivity contribution in [3.8, 4) is 0 Å². The van der Waals surface area contributed by atoms with Gasteiger partial charge in [-0.1, -0.05) is 0 Å². The molecule has 0 spiro atoms. The minimum Gasteiger partial charge on any atom is -0.388 e. The van der Waals surface area contributed by atoms with Crippen LogP contribution < -0.4 is 10.6 Å². The Morgan fingerprint density at radius 2 is 1.96 bits per heavy atom. The highest BCUT2D eigenvalue weighted by Gasteiger charge is 2.38. The average Bonchev–Trinajstić information content (AvgIpc) is 2.98. The van der Waals surface area contributed by atoms with Gasteiger partial charge in [0.1, 0.15) is 17.7 Å². The SMILES string of the molecule is CC(=O)N1CCN(CC2OCC(NC(=O)Nc3ccc(F)cc3F)C2O)CC1. The lowest BCUT2D eigenvalue weighted by Gasteiger charge is -2.35. The summed E-state index contributed by atoms with van der Waals surface area (Å²) in [6.45, 7) is 4.79. The van der Waals surface area contributed by atoms with Gasteiger partial charge in [0.25, 0.3) is 0 Å². The number of carbonyl (C=O) groups excluding carboxylic acids is 2. The molecule has 3 unspecified atom stereocenters. The Hall–Kier alpha value is -2.30. The molecule has 28 heavy (non-hydrogen) atoms. The van der Waals surface area contributed by atoms with E-state index in [1.165, 1.54) is 0 Å². The molecule has 3 atom stereocenters. The summed E-state index contributed by atoms with van der Waals surface area (Å²) in [6, 6.07) is 1.47. The summed E-state index contributed by atoms with van der Waals surface area (Å²) in [4.78, 5) is 27.3. The number of hydrogen-bond donors (Lipinski definition) is 3. The molecule has 154 valence electrons. The number of ether oxygens (including phenoxy) is 1. The summed E-state index contributed by atoms with van der Waals surface area (Å²) in [5.74, 6) is -1.58. The maximum absolute atomic E-state index is 13.6. The van der Waals surface area contributed by atoms with Crippen LogP contribution >= 0.6 is 0 Å². The van der Waals surface area contributed by atoms with Crippen LogP contribution in [0.15, 0.2) is 18.2 Å². The Bertz CT molecular complexity index is 728. The second-order valence-electron chi connectivity index (χ2n) is 7.00. The fraction of sp³-hybridized carbons (Fsp3) is 0.556. The molecular weight excluding hydrogens is 374 g/mol. The summed E-state index contributed by atoms with van der Waals surface area (Å²) < 4.78 is 32.1. The van der Waals surface area contributed by atoms with Crippen molar-refractivity contribution in [3.63, 3.8) is 0 Å². The number of rotatable bonds is 4. The van der Waals surface area contributed by atoms with E-state index in [9.17, 15) is 23.5 Å². The molecule has 1 aromatic carbocycles. The van der Waals surface area contributed by atoms with Gasteiger partial charge in [-0.05, 0) is 12.1 Å². The number of nitrogens with one attached hydrogen (secondary N) is 2. The normalized spacial score (nSPS) is 25.6. The molecule has 2 aliphatic heterocycles. The number of anilines is 1. The summed E-state index contributed by atoms with van der Waals surface area (Å²) in [6.07, 6.45) is -1.40. The number of benzene rings is 1. The Kier molecular flexibility index (Phi) is 6.42. The van der Waals surface area contributed by atoms with Gasteiger partial charge in [0.2, 0.25) is 5.91 Å². The van der Waals surface area contributed by atoms with E-state index in [4.69, 9.17) is 4.74 Å². The Morgan fingerprint density at radius 3 is 2.61 bits per heavy atom. The largest absolute Gasteiger partial charge is 0.388 e. The van der Waals surface area contributed by atoms with E-state index in [0.717, 1.165) is 12.1 Å². The zero-order chi connectivity index (χ0) is 20.3. The van der Waals surface area contributed by atoms with Gasteiger partial charge in [0, 0.05) is 45.7 Å². The highest BCUT2D eigenvalue weighted by molar-refractivity contribution is 5.89. The van der Waals surface area contributed by atoms with Gasteiger partial charge in [-0.3, -0.25) is 9.69 Å². The highest BCUT2D eigenvalue weighted by Crippen LogP contribution is 2.18. The predicted octanol–water partition coefficient (Wildman–Crippen LogP) is 0.379. The van der Waals surface area contributed by atoms with Gasteiger partial charge < -0.3 is 25.4 Å². The van der Waals surface area contributed by atoms with Crippen molar-refractivity contribution in [2.24, 2.45) is 0 Å². The van der Waals surface area contributed by atoms with E-state index in [-0.39, 0.29) is 18.2 Å². The van der Waals surface area contributed by atoms with Gasteiger partial charge in [-0.25, -0.2) is 13.6 Å². The number of hydrogen-bond acceptors (Lipinski definition) is 5. The molecule has 2 fully saturated rings. The molecule has 8 nitrogen and oxygen atoms in total. The van der Waals surface area contributed by atoms with Gasteiger partial charge in [0.15, 0.2) is 0 Å². The van der Waals surface area contributed by atoms with E-state index >= 15 is 0 Å². The molecule has 0 aliphatic carbocycles. The van der Waals surface area contributed by atoms with Crippen LogP contribution in [-0.2, 0) is 9.53 Å². The molecule has 3 rings (SSSR count). The highest BCUT2D eigenvalue weighted by atomic mass is 19.1. The van der Waals surface area contributed by atoms with Crippen LogP contribution in [-0.4, -0.2) is 84.4 Å². The average molecular weight is 398 g/mol. The van der Waals surface area contributed by atoms with Crippen LogP contribution in [0.25, 0.3) is 0 Å². The van der Waals surface area contributed by atoms with Crippen molar-refractivity contribution in [2.75, 3.05) is 44.6 Å². The molecule has 0 saturated carbocycles. The van der Waals surface area contributed by atoms with Crippen LogP contribution in [0.3, 0.4) is 0 Å². The first-order chi connectivity index (χ1) is 13.3. The molecule has 3 amide bonds. The fourth-order valence-electron chi connectivity index (χ4n) is 3.39. The lowest BCUT2D eigenvalue weighted by Crippen LogP contribution is -2.52. The van der Waals surface area contributed by atoms with Crippen LogP contribution in [0.1, 0.15) is 6.92 Å². The first-order valence-electron chi connectivity index (χ1n) is 9.13. The number of aliphatic hydroxyl groups excluding tert-OH is 1. The van der Waals surface area contributed by atoms with Crippen LogP contribution in [0.4, 0.5) is 19.3 Å². The maximum atomic E-state index is 13.6. The van der Waals surface area contributed by atoms with Gasteiger partial charge in [0.05, 0.1) is 24.4 Å². The van der Waals surface area contributed by atoms with Crippen molar-refractivity contribution in [3.05, 3.63) is 29.8 Å². The van der Waals surface area contributed by atoms with Gasteiger partial charge in [-0.15, -0.1) is 0 Å². The van der Waals surface area contributed by atoms with Crippen molar-refractivity contribution in [2.45, 2.75) is 25.2 Å². The molecule has 2 heterocycles. The number of piperazine rings is 1. The number of amides is 3. The molecule has 0 aromatic heterocycles. The topological polar surface area (TPSA) is 94.1 Å². The molecule has 1 aromatic rings. The number of halogens is 2. The lowest BCUT2D eigenvalue weighted by molar-refractivity contribution is -0.130. The molecule has 10 heteroatoms. The smallest absolute Gasteiger partial charge is 0.319 e. The quantitative estimate of drug-likeness (QED) is 0.682. The van der Waals surface area contributed by atoms with E-state index in [0.29, 0.717) is 38.8 Å². The third-order valence-corrected chi connectivity index (χ3v) is 5.03. The summed E-state index contributed by atoms with van der Waals surface area (Å²) >= 11 is 0. The molecular formula is C18H24F2N4O4. The van der Waals surface area contributed by atoms with E-state index in [1.54, 1.807) is 11.8 Å².